The van der Waals surface area contributed by atoms with Crippen LogP contribution in [0.4, 0.5) is 0 Å². The second kappa shape index (κ2) is 6.14. The predicted molar refractivity (Wildman–Crippen MR) is 86.5 cm³/mol. The Balaban J connectivity index is 1.90. The number of fused-ring (bicyclic) bond motifs is 1. The van der Waals surface area contributed by atoms with Crippen molar-refractivity contribution in [2.75, 3.05) is 13.6 Å². The van der Waals surface area contributed by atoms with Gasteiger partial charge >= 0.3 is 0 Å². The highest BCUT2D eigenvalue weighted by Gasteiger charge is 2.08. The first-order valence-corrected chi connectivity index (χ1v) is 7.47. The van der Waals surface area contributed by atoms with Crippen LogP contribution in [0.1, 0.15) is 17.5 Å². The van der Waals surface area contributed by atoms with Gasteiger partial charge in [-0.1, -0.05) is 18.2 Å². The molecule has 0 saturated heterocycles. The van der Waals surface area contributed by atoms with Gasteiger partial charge in [-0.25, -0.2) is 0 Å². The van der Waals surface area contributed by atoms with Crippen LogP contribution < -0.4 is 5.32 Å². The normalized spacial score (nSPS) is 11.3. The van der Waals surface area contributed by atoms with Gasteiger partial charge in [0, 0.05) is 35.9 Å². The van der Waals surface area contributed by atoms with Crippen LogP contribution in [0.5, 0.6) is 0 Å². The SMILES string of the molecule is CNCCCc1cn(Cc2cnn(C)c2)c2ccccc12. The first-order chi connectivity index (χ1) is 10.3. The molecule has 3 rings (SSSR count). The van der Waals surface area contributed by atoms with E-state index in [2.05, 4.69) is 51.6 Å². The molecule has 2 aromatic heterocycles. The summed E-state index contributed by atoms with van der Waals surface area (Å²) in [6.45, 7) is 1.93. The number of aromatic nitrogens is 3. The molecule has 2 heterocycles. The van der Waals surface area contributed by atoms with E-state index in [-0.39, 0.29) is 0 Å². The van der Waals surface area contributed by atoms with Crippen molar-refractivity contribution >= 4 is 10.9 Å². The number of hydrogen-bond acceptors (Lipinski definition) is 2. The largest absolute Gasteiger partial charge is 0.343 e. The van der Waals surface area contributed by atoms with Gasteiger partial charge in [-0.15, -0.1) is 0 Å². The van der Waals surface area contributed by atoms with Crippen LogP contribution in [-0.2, 0) is 20.0 Å². The number of nitrogens with one attached hydrogen (secondary N) is 1. The lowest BCUT2D eigenvalue weighted by molar-refractivity contribution is 0.723. The molecule has 1 N–H and O–H groups in total. The molecule has 4 heteroatoms. The van der Waals surface area contributed by atoms with Crippen molar-refractivity contribution in [3.63, 3.8) is 0 Å². The van der Waals surface area contributed by atoms with E-state index in [0.717, 1.165) is 25.9 Å². The number of para-hydroxylation sites is 1. The van der Waals surface area contributed by atoms with Gasteiger partial charge in [-0.3, -0.25) is 4.68 Å². The summed E-state index contributed by atoms with van der Waals surface area (Å²) in [7, 11) is 3.96. The highest BCUT2D eigenvalue weighted by Crippen LogP contribution is 2.23. The van der Waals surface area contributed by atoms with Gasteiger partial charge in [0.1, 0.15) is 0 Å². The van der Waals surface area contributed by atoms with E-state index in [0.29, 0.717) is 0 Å². The molecule has 110 valence electrons. The summed E-state index contributed by atoms with van der Waals surface area (Å²) in [6.07, 6.45) is 8.59. The third-order valence-electron chi connectivity index (χ3n) is 3.86. The maximum Gasteiger partial charge on any atom is 0.0539 e. The molecule has 0 atom stereocenters. The molecule has 21 heavy (non-hydrogen) atoms. The fourth-order valence-electron chi connectivity index (χ4n) is 2.86. The monoisotopic (exact) mass is 282 g/mol. The molecule has 0 unspecified atom stereocenters. The van der Waals surface area contributed by atoms with E-state index in [1.165, 1.54) is 22.0 Å². The Labute approximate surface area is 125 Å². The van der Waals surface area contributed by atoms with Gasteiger partial charge in [0.2, 0.25) is 0 Å². The maximum atomic E-state index is 4.26. The highest BCUT2D eigenvalue weighted by atomic mass is 15.2. The van der Waals surface area contributed by atoms with E-state index in [9.17, 15) is 0 Å². The van der Waals surface area contributed by atoms with Crippen molar-refractivity contribution in [2.45, 2.75) is 19.4 Å². The molecule has 0 fully saturated rings. The van der Waals surface area contributed by atoms with Crippen LogP contribution >= 0.6 is 0 Å². The first kappa shape index (κ1) is 13.9. The molecule has 0 radical (unpaired) electrons. The number of hydrogen-bond donors (Lipinski definition) is 1. The zero-order chi connectivity index (χ0) is 14.7. The fraction of sp³-hybridized carbons (Fsp3) is 0.353. The number of nitrogens with zero attached hydrogens (tertiary/aromatic N) is 3. The van der Waals surface area contributed by atoms with Crippen LogP contribution in [0.2, 0.25) is 0 Å². The minimum Gasteiger partial charge on any atom is -0.343 e. The van der Waals surface area contributed by atoms with Crippen LogP contribution in [0.25, 0.3) is 10.9 Å². The summed E-state index contributed by atoms with van der Waals surface area (Å²) in [6, 6.07) is 8.66. The lowest BCUT2D eigenvalue weighted by atomic mass is 10.1. The van der Waals surface area contributed by atoms with Crippen LogP contribution in [0.3, 0.4) is 0 Å². The van der Waals surface area contributed by atoms with E-state index in [1.54, 1.807) is 0 Å². The van der Waals surface area contributed by atoms with Gasteiger partial charge in [-0.2, -0.15) is 5.10 Å². The zero-order valence-electron chi connectivity index (χ0n) is 12.7. The molecular formula is C17H22N4. The summed E-state index contributed by atoms with van der Waals surface area (Å²) < 4.78 is 4.19. The topological polar surface area (TPSA) is 34.8 Å². The lowest BCUT2D eigenvalue weighted by Gasteiger charge is -2.02. The molecule has 4 nitrogen and oxygen atoms in total. The third-order valence-corrected chi connectivity index (χ3v) is 3.86. The van der Waals surface area contributed by atoms with Gasteiger partial charge in [0.25, 0.3) is 0 Å². The Morgan fingerprint density at radius 3 is 2.81 bits per heavy atom. The van der Waals surface area contributed by atoms with Crippen LogP contribution in [0.15, 0.2) is 42.9 Å². The summed E-state index contributed by atoms with van der Waals surface area (Å²) >= 11 is 0. The first-order valence-electron chi connectivity index (χ1n) is 7.47. The number of benzene rings is 1. The Hall–Kier alpha value is -2.07. The molecule has 0 saturated carbocycles. The molecular weight excluding hydrogens is 260 g/mol. The lowest BCUT2D eigenvalue weighted by Crippen LogP contribution is -2.08. The zero-order valence-corrected chi connectivity index (χ0v) is 12.7. The van der Waals surface area contributed by atoms with E-state index in [4.69, 9.17) is 0 Å². The average Bonchev–Trinajstić information content (AvgIpc) is 3.05. The Bertz CT molecular complexity index is 723. The van der Waals surface area contributed by atoms with Gasteiger partial charge in [-0.05, 0) is 38.1 Å². The van der Waals surface area contributed by atoms with Gasteiger partial charge < -0.3 is 9.88 Å². The van der Waals surface area contributed by atoms with E-state index >= 15 is 0 Å². The quantitative estimate of drug-likeness (QED) is 0.705. The Morgan fingerprint density at radius 1 is 1.19 bits per heavy atom. The standard InChI is InChI=1S/C17H22N4/c1-18-9-5-6-15-13-21(12-14-10-19-20(2)11-14)17-8-4-3-7-16(15)17/h3-4,7-8,10-11,13,18H,5-6,9,12H2,1-2H3. The minimum atomic E-state index is 0.875. The van der Waals surface area contributed by atoms with Gasteiger partial charge in [0.15, 0.2) is 0 Å². The Morgan fingerprint density at radius 2 is 2.05 bits per heavy atom. The molecule has 0 spiro atoms. The number of rotatable bonds is 6. The second-order valence-corrected chi connectivity index (χ2v) is 5.53. The molecule has 3 aromatic rings. The van der Waals surface area contributed by atoms with Crippen molar-refractivity contribution in [3.8, 4) is 0 Å². The summed E-state index contributed by atoms with van der Waals surface area (Å²) in [5.41, 5.74) is 3.98. The molecule has 0 aliphatic heterocycles. The predicted octanol–water partition coefficient (Wildman–Crippen LogP) is 2.58. The summed E-state index contributed by atoms with van der Waals surface area (Å²) in [4.78, 5) is 0. The maximum absolute atomic E-state index is 4.26. The van der Waals surface area contributed by atoms with Crippen molar-refractivity contribution in [3.05, 3.63) is 54.0 Å². The van der Waals surface area contributed by atoms with Crippen LogP contribution in [0, 0.1) is 0 Å². The van der Waals surface area contributed by atoms with E-state index < -0.39 is 0 Å². The van der Waals surface area contributed by atoms with Crippen molar-refractivity contribution < 1.29 is 0 Å². The van der Waals surface area contributed by atoms with Crippen molar-refractivity contribution in [2.24, 2.45) is 7.05 Å². The summed E-state index contributed by atoms with van der Waals surface area (Å²) in [5, 5.41) is 8.85. The molecule has 1 aromatic carbocycles. The van der Waals surface area contributed by atoms with Crippen molar-refractivity contribution in [1.29, 1.82) is 0 Å². The Kier molecular flexibility index (Phi) is 4.06. The second-order valence-electron chi connectivity index (χ2n) is 5.53. The van der Waals surface area contributed by atoms with E-state index in [1.807, 2.05) is 25.0 Å². The molecule has 0 amide bonds. The van der Waals surface area contributed by atoms with Gasteiger partial charge in [0.05, 0.1) is 12.7 Å². The summed E-state index contributed by atoms with van der Waals surface area (Å²) in [5.74, 6) is 0. The fourth-order valence-corrected chi connectivity index (χ4v) is 2.86. The van der Waals surface area contributed by atoms with Crippen LogP contribution in [-0.4, -0.2) is 27.9 Å². The minimum absolute atomic E-state index is 0.875. The average molecular weight is 282 g/mol. The molecule has 0 bridgehead atoms. The third kappa shape index (κ3) is 3.00. The molecule has 0 aliphatic rings. The number of aryl methyl sites for hydroxylation is 2. The molecule has 0 aliphatic carbocycles. The van der Waals surface area contributed by atoms with Crippen molar-refractivity contribution in [1.82, 2.24) is 19.7 Å². The highest BCUT2D eigenvalue weighted by molar-refractivity contribution is 5.84. The smallest absolute Gasteiger partial charge is 0.0539 e.